The first-order valence-electron chi connectivity index (χ1n) is 6.93. The van der Waals surface area contributed by atoms with Crippen molar-refractivity contribution >= 4 is 21.1 Å². The highest BCUT2D eigenvalue weighted by atomic mass is 32.2. The third kappa shape index (κ3) is 2.33. The van der Waals surface area contributed by atoms with Gasteiger partial charge in [0.1, 0.15) is 5.82 Å². The molecular formula is C14H19N3O2S. The van der Waals surface area contributed by atoms with E-state index in [2.05, 4.69) is 16.9 Å². The first-order valence-corrected chi connectivity index (χ1v) is 8.37. The SMILES string of the molecule is Cc1nc2ccc(S(=O)(=O)N3CCCC(C)C3)cc2[nH]1. The fourth-order valence-corrected chi connectivity index (χ4v) is 4.42. The molecule has 3 rings (SSSR count). The molecule has 108 valence electrons. The van der Waals surface area contributed by atoms with Crippen molar-refractivity contribution < 1.29 is 8.42 Å². The van der Waals surface area contributed by atoms with Gasteiger partial charge in [-0.3, -0.25) is 0 Å². The van der Waals surface area contributed by atoms with Crippen LogP contribution in [0.1, 0.15) is 25.6 Å². The molecule has 6 heteroatoms. The molecule has 0 bridgehead atoms. The van der Waals surface area contributed by atoms with Gasteiger partial charge in [0, 0.05) is 13.1 Å². The maximum Gasteiger partial charge on any atom is 0.243 e. The summed E-state index contributed by atoms with van der Waals surface area (Å²) in [6.45, 7) is 5.19. The summed E-state index contributed by atoms with van der Waals surface area (Å²) in [5, 5.41) is 0. The molecular weight excluding hydrogens is 274 g/mol. The third-order valence-corrected chi connectivity index (χ3v) is 5.69. The van der Waals surface area contributed by atoms with E-state index < -0.39 is 10.0 Å². The Morgan fingerprint density at radius 3 is 2.95 bits per heavy atom. The van der Waals surface area contributed by atoms with Gasteiger partial charge >= 0.3 is 0 Å². The van der Waals surface area contributed by atoms with Gasteiger partial charge in [0.25, 0.3) is 0 Å². The first kappa shape index (κ1) is 13.6. The molecule has 20 heavy (non-hydrogen) atoms. The highest BCUT2D eigenvalue weighted by Crippen LogP contribution is 2.25. The standard InChI is InChI=1S/C14H19N3O2S/c1-10-4-3-7-17(9-10)20(18,19)12-5-6-13-14(8-12)16-11(2)15-13/h5-6,8,10H,3-4,7,9H2,1-2H3,(H,15,16). The van der Waals surface area contributed by atoms with E-state index in [1.54, 1.807) is 22.5 Å². The van der Waals surface area contributed by atoms with Crippen LogP contribution in [-0.2, 0) is 10.0 Å². The number of benzene rings is 1. The minimum atomic E-state index is -3.39. The zero-order valence-corrected chi connectivity index (χ0v) is 12.6. The summed E-state index contributed by atoms with van der Waals surface area (Å²) in [5.41, 5.74) is 1.57. The van der Waals surface area contributed by atoms with Crippen molar-refractivity contribution in [2.24, 2.45) is 5.92 Å². The number of aryl methyl sites for hydroxylation is 1. The van der Waals surface area contributed by atoms with Gasteiger partial charge in [0.05, 0.1) is 15.9 Å². The zero-order valence-electron chi connectivity index (χ0n) is 11.8. The van der Waals surface area contributed by atoms with E-state index in [9.17, 15) is 8.42 Å². The number of fused-ring (bicyclic) bond motifs is 1. The lowest BCUT2D eigenvalue weighted by Gasteiger charge is -2.30. The summed E-state index contributed by atoms with van der Waals surface area (Å²) in [6, 6.07) is 5.10. The molecule has 0 radical (unpaired) electrons. The summed E-state index contributed by atoms with van der Waals surface area (Å²) >= 11 is 0. The number of sulfonamides is 1. The third-order valence-electron chi connectivity index (χ3n) is 3.83. The van der Waals surface area contributed by atoms with Gasteiger partial charge in [-0.05, 0) is 43.9 Å². The highest BCUT2D eigenvalue weighted by Gasteiger charge is 2.28. The summed E-state index contributed by atoms with van der Waals surface area (Å²) in [4.78, 5) is 7.74. The van der Waals surface area contributed by atoms with Crippen LogP contribution in [0.3, 0.4) is 0 Å². The van der Waals surface area contributed by atoms with Crippen molar-refractivity contribution in [1.29, 1.82) is 0 Å². The fraction of sp³-hybridized carbons (Fsp3) is 0.500. The molecule has 0 spiro atoms. The van der Waals surface area contributed by atoms with E-state index in [1.807, 2.05) is 6.92 Å². The topological polar surface area (TPSA) is 66.1 Å². The maximum absolute atomic E-state index is 12.7. The van der Waals surface area contributed by atoms with Crippen LogP contribution in [0.15, 0.2) is 23.1 Å². The number of imidazole rings is 1. The molecule has 1 fully saturated rings. The van der Waals surface area contributed by atoms with Crippen LogP contribution in [0.4, 0.5) is 0 Å². The van der Waals surface area contributed by atoms with E-state index in [0.717, 1.165) is 29.7 Å². The van der Waals surface area contributed by atoms with E-state index in [0.29, 0.717) is 23.9 Å². The molecule has 1 saturated heterocycles. The van der Waals surface area contributed by atoms with Crippen molar-refractivity contribution in [3.8, 4) is 0 Å². The lowest BCUT2D eigenvalue weighted by molar-refractivity contribution is 0.281. The first-order chi connectivity index (χ1) is 9.46. The van der Waals surface area contributed by atoms with Crippen LogP contribution >= 0.6 is 0 Å². The Labute approximate surface area is 119 Å². The average molecular weight is 293 g/mol. The Balaban J connectivity index is 1.99. The van der Waals surface area contributed by atoms with Crippen LogP contribution in [0, 0.1) is 12.8 Å². The minimum Gasteiger partial charge on any atom is -0.342 e. The zero-order chi connectivity index (χ0) is 14.3. The molecule has 2 heterocycles. The number of nitrogens with zero attached hydrogens (tertiary/aromatic N) is 2. The predicted molar refractivity (Wildman–Crippen MR) is 78.0 cm³/mol. The smallest absolute Gasteiger partial charge is 0.243 e. The van der Waals surface area contributed by atoms with Crippen molar-refractivity contribution in [3.05, 3.63) is 24.0 Å². The number of aromatic nitrogens is 2. The van der Waals surface area contributed by atoms with Gasteiger partial charge < -0.3 is 4.98 Å². The molecule has 0 saturated carbocycles. The molecule has 1 unspecified atom stereocenters. The number of hydrogen-bond donors (Lipinski definition) is 1. The van der Waals surface area contributed by atoms with Crippen LogP contribution in [0.25, 0.3) is 11.0 Å². The van der Waals surface area contributed by atoms with Crippen molar-refractivity contribution in [1.82, 2.24) is 14.3 Å². The summed E-state index contributed by atoms with van der Waals surface area (Å²) < 4.78 is 27.0. The number of H-pyrrole nitrogens is 1. The predicted octanol–water partition coefficient (Wildman–Crippen LogP) is 2.29. The minimum absolute atomic E-state index is 0.350. The molecule has 1 aromatic carbocycles. The molecule has 1 aliphatic rings. The number of aromatic amines is 1. The van der Waals surface area contributed by atoms with Crippen LogP contribution in [-0.4, -0.2) is 35.8 Å². The normalized spacial score (nSPS) is 21.4. The Hall–Kier alpha value is -1.40. The summed E-state index contributed by atoms with van der Waals surface area (Å²) in [5.74, 6) is 1.22. The molecule has 0 amide bonds. The number of hydrogen-bond acceptors (Lipinski definition) is 3. The molecule has 5 nitrogen and oxygen atoms in total. The van der Waals surface area contributed by atoms with Crippen LogP contribution in [0.2, 0.25) is 0 Å². The second-order valence-electron chi connectivity index (χ2n) is 5.61. The summed E-state index contributed by atoms with van der Waals surface area (Å²) in [6.07, 6.45) is 2.04. The average Bonchev–Trinajstić information content (AvgIpc) is 2.77. The number of piperidine rings is 1. The quantitative estimate of drug-likeness (QED) is 0.924. The van der Waals surface area contributed by atoms with E-state index in [4.69, 9.17) is 0 Å². The van der Waals surface area contributed by atoms with Gasteiger partial charge in [-0.1, -0.05) is 6.92 Å². The molecule has 2 aromatic rings. The number of rotatable bonds is 2. The second-order valence-corrected chi connectivity index (χ2v) is 7.55. The van der Waals surface area contributed by atoms with Gasteiger partial charge in [-0.25, -0.2) is 13.4 Å². The van der Waals surface area contributed by atoms with Crippen LogP contribution in [0.5, 0.6) is 0 Å². The fourth-order valence-electron chi connectivity index (χ4n) is 2.79. The molecule has 1 aliphatic heterocycles. The second kappa shape index (κ2) is 4.86. The Morgan fingerprint density at radius 1 is 1.40 bits per heavy atom. The molecule has 1 N–H and O–H groups in total. The van der Waals surface area contributed by atoms with Crippen LogP contribution < -0.4 is 0 Å². The van der Waals surface area contributed by atoms with Gasteiger partial charge in [0.2, 0.25) is 10.0 Å². The number of nitrogens with one attached hydrogen (secondary N) is 1. The molecule has 1 atom stereocenters. The lowest BCUT2D eigenvalue weighted by atomic mass is 10.0. The van der Waals surface area contributed by atoms with E-state index in [-0.39, 0.29) is 0 Å². The van der Waals surface area contributed by atoms with Crippen molar-refractivity contribution in [2.45, 2.75) is 31.6 Å². The monoisotopic (exact) mass is 293 g/mol. The van der Waals surface area contributed by atoms with Gasteiger partial charge in [0.15, 0.2) is 0 Å². The molecule has 1 aromatic heterocycles. The Kier molecular flexibility index (Phi) is 3.30. The van der Waals surface area contributed by atoms with E-state index in [1.165, 1.54) is 0 Å². The van der Waals surface area contributed by atoms with Gasteiger partial charge in [-0.2, -0.15) is 4.31 Å². The van der Waals surface area contributed by atoms with E-state index >= 15 is 0 Å². The molecule has 0 aliphatic carbocycles. The lowest BCUT2D eigenvalue weighted by Crippen LogP contribution is -2.39. The highest BCUT2D eigenvalue weighted by molar-refractivity contribution is 7.89. The van der Waals surface area contributed by atoms with Crippen molar-refractivity contribution in [2.75, 3.05) is 13.1 Å². The Bertz CT molecular complexity index is 736. The maximum atomic E-state index is 12.7. The largest absolute Gasteiger partial charge is 0.342 e. The van der Waals surface area contributed by atoms with Crippen molar-refractivity contribution in [3.63, 3.8) is 0 Å². The summed E-state index contributed by atoms with van der Waals surface area (Å²) in [7, 11) is -3.39. The van der Waals surface area contributed by atoms with Gasteiger partial charge in [-0.15, -0.1) is 0 Å². The Morgan fingerprint density at radius 2 is 2.20 bits per heavy atom.